The van der Waals surface area contributed by atoms with Gasteiger partial charge in [-0.15, -0.1) is 0 Å². The Bertz CT molecular complexity index is 723. The van der Waals surface area contributed by atoms with Gasteiger partial charge in [0.1, 0.15) is 16.6 Å². The SMILES string of the molecule is CCCNC(=O)COC(=O)[C@@H]1CCCN1S(=O)(=O)c1c(C)noc1C. The largest absolute Gasteiger partial charge is 0.454 e. The van der Waals surface area contributed by atoms with Gasteiger partial charge in [0.05, 0.1) is 0 Å². The van der Waals surface area contributed by atoms with Gasteiger partial charge in [-0.25, -0.2) is 8.42 Å². The molecule has 9 nitrogen and oxygen atoms in total. The summed E-state index contributed by atoms with van der Waals surface area (Å²) in [6, 6.07) is -0.947. The van der Waals surface area contributed by atoms with E-state index in [0.717, 1.165) is 10.7 Å². The first-order valence-electron chi connectivity index (χ1n) is 8.17. The van der Waals surface area contributed by atoms with Crippen LogP contribution in [0.15, 0.2) is 9.42 Å². The van der Waals surface area contributed by atoms with E-state index in [0.29, 0.717) is 19.4 Å². The third kappa shape index (κ3) is 4.18. The van der Waals surface area contributed by atoms with Gasteiger partial charge in [0.25, 0.3) is 5.91 Å². The highest BCUT2D eigenvalue weighted by atomic mass is 32.2. The van der Waals surface area contributed by atoms with E-state index in [4.69, 9.17) is 9.26 Å². The predicted octanol–water partition coefficient (Wildman–Crippen LogP) is 0.514. The van der Waals surface area contributed by atoms with Crippen molar-refractivity contribution in [2.75, 3.05) is 19.7 Å². The molecule has 0 bridgehead atoms. The molecule has 0 unspecified atom stereocenters. The summed E-state index contributed by atoms with van der Waals surface area (Å²) in [6.07, 6.45) is 1.65. The zero-order valence-electron chi connectivity index (χ0n) is 14.6. The Hall–Kier alpha value is -1.94. The number of nitrogens with one attached hydrogen (secondary N) is 1. The van der Waals surface area contributed by atoms with Crippen molar-refractivity contribution in [1.29, 1.82) is 0 Å². The first-order valence-corrected chi connectivity index (χ1v) is 9.61. The molecule has 1 aliphatic rings. The number of aryl methyl sites for hydroxylation is 2. The minimum atomic E-state index is -3.93. The average Bonchev–Trinajstić information content (AvgIpc) is 3.18. The first-order chi connectivity index (χ1) is 11.8. The molecule has 1 aromatic heterocycles. The fourth-order valence-electron chi connectivity index (χ4n) is 2.77. The summed E-state index contributed by atoms with van der Waals surface area (Å²) in [6.45, 7) is 5.22. The zero-order valence-corrected chi connectivity index (χ0v) is 15.4. The first kappa shape index (κ1) is 19.4. The number of amides is 1. The van der Waals surface area contributed by atoms with Crippen LogP contribution in [0.4, 0.5) is 0 Å². The van der Waals surface area contributed by atoms with Crippen LogP contribution in [-0.4, -0.2) is 55.5 Å². The molecule has 1 amide bonds. The van der Waals surface area contributed by atoms with Gasteiger partial charge in [-0.2, -0.15) is 4.31 Å². The highest BCUT2D eigenvalue weighted by Gasteiger charge is 2.42. The van der Waals surface area contributed by atoms with Gasteiger partial charge < -0.3 is 14.6 Å². The molecule has 2 rings (SSSR count). The normalized spacial score (nSPS) is 18.3. The van der Waals surface area contributed by atoms with E-state index in [1.165, 1.54) is 13.8 Å². The molecular formula is C15H23N3O6S. The molecule has 10 heteroatoms. The number of carbonyl (C=O) groups is 2. The summed E-state index contributed by atoms with van der Waals surface area (Å²) in [5.74, 6) is -0.955. The zero-order chi connectivity index (χ0) is 18.6. The summed E-state index contributed by atoms with van der Waals surface area (Å²) in [4.78, 5) is 23.8. The van der Waals surface area contributed by atoms with Crippen molar-refractivity contribution in [3.8, 4) is 0 Å². The van der Waals surface area contributed by atoms with E-state index < -0.39 is 34.5 Å². The minimum absolute atomic E-state index is 0.0205. The fourth-order valence-corrected chi connectivity index (χ4v) is 4.71. The molecule has 1 fully saturated rings. The summed E-state index contributed by atoms with van der Waals surface area (Å²) in [5.41, 5.74) is 0.246. The molecule has 0 spiro atoms. The van der Waals surface area contributed by atoms with Crippen molar-refractivity contribution in [2.24, 2.45) is 0 Å². The Kier molecular flexibility index (Phi) is 6.17. The van der Waals surface area contributed by atoms with Crippen LogP contribution in [-0.2, 0) is 24.3 Å². The fraction of sp³-hybridized carbons (Fsp3) is 0.667. The highest BCUT2D eigenvalue weighted by Crippen LogP contribution is 2.30. The Morgan fingerprint density at radius 2 is 2.12 bits per heavy atom. The number of ether oxygens (including phenoxy) is 1. The molecule has 2 heterocycles. The number of hydrogen-bond donors (Lipinski definition) is 1. The van der Waals surface area contributed by atoms with Crippen molar-refractivity contribution in [3.05, 3.63) is 11.5 Å². The standard InChI is InChI=1S/C15H23N3O6S/c1-4-7-16-13(19)9-23-15(20)12-6-5-8-18(12)25(21,22)14-10(2)17-24-11(14)3/h12H,4-9H2,1-3H3,(H,16,19)/t12-/m0/s1. The Balaban J connectivity index is 2.09. The lowest BCUT2D eigenvalue weighted by Gasteiger charge is -2.22. The highest BCUT2D eigenvalue weighted by molar-refractivity contribution is 7.89. The van der Waals surface area contributed by atoms with Gasteiger partial charge >= 0.3 is 5.97 Å². The summed E-state index contributed by atoms with van der Waals surface area (Å²) >= 11 is 0. The third-order valence-electron chi connectivity index (χ3n) is 3.93. The van der Waals surface area contributed by atoms with E-state index in [9.17, 15) is 18.0 Å². The number of rotatable bonds is 7. The molecule has 0 saturated carbocycles. The van der Waals surface area contributed by atoms with Crippen LogP contribution >= 0.6 is 0 Å². The maximum Gasteiger partial charge on any atom is 0.324 e. The quantitative estimate of drug-likeness (QED) is 0.692. The van der Waals surface area contributed by atoms with Crippen LogP contribution < -0.4 is 5.32 Å². The Morgan fingerprint density at radius 1 is 1.40 bits per heavy atom. The molecule has 0 radical (unpaired) electrons. The number of carbonyl (C=O) groups excluding carboxylic acids is 2. The number of hydrogen-bond acceptors (Lipinski definition) is 7. The Morgan fingerprint density at radius 3 is 2.72 bits per heavy atom. The van der Waals surface area contributed by atoms with Crippen LogP contribution in [0, 0.1) is 13.8 Å². The second kappa shape index (κ2) is 7.96. The number of sulfonamides is 1. The van der Waals surface area contributed by atoms with E-state index in [1.54, 1.807) is 0 Å². The lowest BCUT2D eigenvalue weighted by Crippen LogP contribution is -2.42. The van der Waals surface area contributed by atoms with Gasteiger partial charge in [-0.3, -0.25) is 9.59 Å². The smallest absolute Gasteiger partial charge is 0.324 e. The molecule has 1 aromatic rings. The summed E-state index contributed by atoms with van der Waals surface area (Å²) < 4.78 is 36.8. The molecule has 1 atom stereocenters. The van der Waals surface area contributed by atoms with E-state index in [1.807, 2.05) is 6.92 Å². The molecule has 0 aromatic carbocycles. The number of nitrogens with zero attached hydrogens (tertiary/aromatic N) is 2. The van der Waals surface area contributed by atoms with Gasteiger partial charge in [0.2, 0.25) is 10.0 Å². The third-order valence-corrected chi connectivity index (χ3v) is 6.08. The van der Waals surface area contributed by atoms with Crippen LogP contribution in [0.1, 0.15) is 37.6 Å². The van der Waals surface area contributed by atoms with Crippen molar-refractivity contribution >= 4 is 21.9 Å². The maximum atomic E-state index is 12.9. The monoisotopic (exact) mass is 373 g/mol. The van der Waals surface area contributed by atoms with Crippen LogP contribution in [0.5, 0.6) is 0 Å². The number of aromatic nitrogens is 1. The Labute approximate surface area is 146 Å². The topological polar surface area (TPSA) is 119 Å². The van der Waals surface area contributed by atoms with Crippen molar-refractivity contribution in [1.82, 2.24) is 14.8 Å². The minimum Gasteiger partial charge on any atom is -0.454 e. The van der Waals surface area contributed by atoms with Crippen LogP contribution in [0.3, 0.4) is 0 Å². The molecular weight excluding hydrogens is 350 g/mol. The van der Waals surface area contributed by atoms with Gasteiger partial charge in [-0.1, -0.05) is 12.1 Å². The summed E-state index contributed by atoms with van der Waals surface area (Å²) in [7, 11) is -3.93. The molecule has 0 aliphatic carbocycles. The van der Waals surface area contributed by atoms with Crippen molar-refractivity contribution in [2.45, 2.75) is 51.0 Å². The van der Waals surface area contributed by atoms with Gasteiger partial charge in [-0.05, 0) is 33.1 Å². The predicted molar refractivity (Wildman–Crippen MR) is 87.2 cm³/mol. The number of esters is 1. The lowest BCUT2D eigenvalue weighted by molar-refractivity contribution is -0.151. The van der Waals surface area contributed by atoms with Crippen LogP contribution in [0.25, 0.3) is 0 Å². The second-order valence-corrected chi connectivity index (χ2v) is 7.71. The van der Waals surface area contributed by atoms with E-state index >= 15 is 0 Å². The summed E-state index contributed by atoms with van der Waals surface area (Å²) in [5, 5.41) is 6.25. The van der Waals surface area contributed by atoms with Crippen molar-refractivity contribution in [3.63, 3.8) is 0 Å². The molecule has 1 N–H and O–H groups in total. The van der Waals surface area contributed by atoms with E-state index in [-0.39, 0.29) is 22.9 Å². The molecule has 1 saturated heterocycles. The molecule has 25 heavy (non-hydrogen) atoms. The van der Waals surface area contributed by atoms with Gasteiger partial charge in [0.15, 0.2) is 12.4 Å². The molecule has 1 aliphatic heterocycles. The van der Waals surface area contributed by atoms with E-state index in [2.05, 4.69) is 10.5 Å². The van der Waals surface area contributed by atoms with Crippen LogP contribution in [0.2, 0.25) is 0 Å². The van der Waals surface area contributed by atoms with Gasteiger partial charge in [0, 0.05) is 13.1 Å². The maximum absolute atomic E-state index is 12.9. The molecule has 140 valence electrons. The lowest BCUT2D eigenvalue weighted by atomic mass is 10.2. The van der Waals surface area contributed by atoms with Crippen molar-refractivity contribution < 1.29 is 27.3 Å². The average molecular weight is 373 g/mol. The second-order valence-electron chi connectivity index (χ2n) is 5.88.